The van der Waals surface area contributed by atoms with Gasteiger partial charge in [0.05, 0.1) is 7.11 Å². The van der Waals surface area contributed by atoms with Gasteiger partial charge in [-0.3, -0.25) is 4.79 Å². The summed E-state index contributed by atoms with van der Waals surface area (Å²) in [6.07, 6.45) is 2.75. The first-order chi connectivity index (χ1) is 9.19. The highest BCUT2D eigenvalue weighted by Gasteiger charge is 2.15. The third-order valence-electron chi connectivity index (χ3n) is 3.62. The summed E-state index contributed by atoms with van der Waals surface area (Å²) in [6, 6.07) is 5.69. The maximum atomic E-state index is 11.9. The van der Waals surface area contributed by atoms with E-state index in [0.29, 0.717) is 12.3 Å². The SMILES string of the molecule is COc1ccc(NC(=O)CCC2CCNC2)cc1C. The van der Waals surface area contributed by atoms with Gasteiger partial charge in [0, 0.05) is 12.1 Å². The monoisotopic (exact) mass is 262 g/mol. The van der Waals surface area contributed by atoms with Gasteiger partial charge in [0.15, 0.2) is 0 Å². The largest absolute Gasteiger partial charge is 0.496 e. The molecule has 19 heavy (non-hydrogen) atoms. The number of methoxy groups -OCH3 is 1. The topological polar surface area (TPSA) is 50.4 Å². The molecule has 1 unspecified atom stereocenters. The zero-order valence-corrected chi connectivity index (χ0v) is 11.7. The van der Waals surface area contributed by atoms with E-state index < -0.39 is 0 Å². The van der Waals surface area contributed by atoms with Crippen LogP contribution in [0.25, 0.3) is 0 Å². The molecule has 2 rings (SSSR count). The molecule has 1 heterocycles. The van der Waals surface area contributed by atoms with Crippen molar-refractivity contribution >= 4 is 11.6 Å². The summed E-state index contributed by atoms with van der Waals surface area (Å²) in [7, 11) is 1.65. The molecular weight excluding hydrogens is 240 g/mol. The van der Waals surface area contributed by atoms with Gasteiger partial charge in [0.25, 0.3) is 0 Å². The minimum absolute atomic E-state index is 0.0940. The highest BCUT2D eigenvalue weighted by molar-refractivity contribution is 5.90. The van der Waals surface area contributed by atoms with E-state index >= 15 is 0 Å². The van der Waals surface area contributed by atoms with Crippen molar-refractivity contribution in [3.63, 3.8) is 0 Å². The van der Waals surface area contributed by atoms with Crippen molar-refractivity contribution in [3.05, 3.63) is 23.8 Å². The highest BCUT2D eigenvalue weighted by atomic mass is 16.5. The average Bonchev–Trinajstić information content (AvgIpc) is 2.90. The fourth-order valence-electron chi connectivity index (χ4n) is 2.48. The van der Waals surface area contributed by atoms with Gasteiger partial charge in [0.1, 0.15) is 5.75 Å². The van der Waals surface area contributed by atoms with Crippen LogP contribution in [0.4, 0.5) is 5.69 Å². The maximum absolute atomic E-state index is 11.9. The fourth-order valence-corrected chi connectivity index (χ4v) is 2.48. The van der Waals surface area contributed by atoms with Crippen LogP contribution in [-0.4, -0.2) is 26.1 Å². The maximum Gasteiger partial charge on any atom is 0.224 e. The van der Waals surface area contributed by atoms with Crippen molar-refractivity contribution < 1.29 is 9.53 Å². The van der Waals surface area contributed by atoms with Crippen LogP contribution in [0.1, 0.15) is 24.8 Å². The Morgan fingerprint density at radius 2 is 2.37 bits per heavy atom. The van der Waals surface area contributed by atoms with E-state index in [4.69, 9.17) is 4.74 Å². The smallest absolute Gasteiger partial charge is 0.224 e. The predicted octanol–water partition coefficient (Wildman–Crippen LogP) is 2.33. The number of carbonyl (C=O) groups is 1. The first kappa shape index (κ1) is 13.9. The van der Waals surface area contributed by atoms with Crippen molar-refractivity contribution in [2.24, 2.45) is 5.92 Å². The van der Waals surface area contributed by atoms with E-state index in [1.54, 1.807) is 7.11 Å². The van der Waals surface area contributed by atoms with E-state index in [-0.39, 0.29) is 5.91 Å². The molecule has 1 aromatic rings. The first-order valence-corrected chi connectivity index (χ1v) is 6.84. The number of benzene rings is 1. The summed E-state index contributed by atoms with van der Waals surface area (Å²) < 4.78 is 5.20. The van der Waals surface area contributed by atoms with Gasteiger partial charge in [-0.05, 0) is 62.5 Å². The van der Waals surface area contributed by atoms with Crippen LogP contribution in [0.15, 0.2) is 18.2 Å². The Hall–Kier alpha value is -1.55. The summed E-state index contributed by atoms with van der Waals surface area (Å²) in [5.74, 6) is 1.59. The van der Waals surface area contributed by atoms with Gasteiger partial charge in [0.2, 0.25) is 5.91 Å². The quantitative estimate of drug-likeness (QED) is 0.856. The molecule has 0 aromatic heterocycles. The lowest BCUT2D eigenvalue weighted by Gasteiger charge is -2.10. The van der Waals surface area contributed by atoms with Gasteiger partial charge in [-0.2, -0.15) is 0 Å². The van der Waals surface area contributed by atoms with Crippen molar-refractivity contribution in [3.8, 4) is 5.75 Å². The Kier molecular flexibility index (Phi) is 4.80. The van der Waals surface area contributed by atoms with Gasteiger partial charge >= 0.3 is 0 Å². The Bertz CT molecular complexity index is 440. The van der Waals surface area contributed by atoms with Crippen LogP contribution < -0.4 is 15.4 Å². The molecule has 0 radical (unpaired) electrons. The third kappa shape index (κ3) is 3.96. The number of hydrogen-bond acceptors (Lipinski definition) is 3. The lowest BCUT2D eigenvalue weighted by molar-refractivity contribution is -0.116. The summed E-state index contributed by atoms with van der Waals surface area (Å²) in [6.45, 7) is 4.11. The molecule has 1 amide bonds. The van der Waals surface area contributed by atoms with Crippen LogP contribution in [0.3, 0.4) is 0 Å². The van der Waals surface area contributed by atoms with E-state index in [1.807, 2.05) is 25.1 Å². The molecule has 1 atom stereocenters. The minimum Gasteiger partial charge on any atom is -0.496 e. The standard InChI is InChI=1S/C15H22N2O2/c1-11-9-13(4-5-14(11)19-2)17-15(18)6-3-12-7-8-16-10-12/h4-5,9,12,16H,3,6-8,10H2,1-2H3,(H,17,18). The van der Waals surface area contributed by atoms with Crippen LogP contribution in [0, 0.1) is 12.8 Å². The number of carbonyl (C=O) groups excluding carboxylic acids is 1. The average molecular weight is 262 g/mol. The molecule has 1 saturated heterocycles. The van der Waals surface area contributed by atoms with Crippen molar-refractivity contribution in [1.82, 2.24) is 5.32 Å². The molecule has 1 fully saturated rings. The van der Waals surface area contributed by atoms with Gasteiger partial charge in [-0.1, -0.05) is 0 Å². The van der Waals surface area contributed by atoms with Crippen LogP contribution in [0.5, 0.6) is 5.75 Å². The molecule has 0 saturated carbocycles. The number of amides is 1. The first-order valence-electron chi connectivity index (χ1n) is 6.84. The summed E-state index contributed by atoms with van der Waals surface area (Å²) >= 11 is 0. The molecule has 4 heteroatoms. The predicted molar refractivity (Wildman–Crippen MR) is 76.6 cm³/mol. The lowest BCUT2D eigenvalue weighted by Crippen LogP contribution is -2.15. The highest BCUT2D eigenvalue weighted by Crippen LogP contribution is 2.22. The Morgan fingerprint density at radius 1 is 1.53 bits per heavy atom. The summed E-state index contributed by atoms with van der Waals surface area (Å²) in [4.78, 5) is 11.9. The second kappa shape index (κ2) is 6.57. The Balaban J connectivity index is 1.82. The van der Waals surface area contributed by atoms with Crippen molar-refractivity contribution in [2.75, 3.05) is 25.5 Å². The summed E-state index contributed by atoms with van der Waals surface area (Å²) in [5, 5.41) is 6.26. The minimum atomic E-state index is 0.0940. The number of aryl methyl sites for hydroxylation is 1. The molecule has 104 valence electrons. The molecule has 0 spiro atoms. The van der Waals surface area contributed by atoms with Gasteiger partial charge < -0.3 is 15.4 Å². The Labute approximate surface area is 114 Å². The Morgan fingerprint density at radius 3 is 3.00 bits per heavy atom. The molecule has 1 aliphatic heterocycles. The second-order valence-corrected chi connectivity index (χ2v) is 5.13. The number of ether oxygens (including phenoxy) is 1. The van der Waals surface area contributed by atoms with Crippen LogP contribution in [-0.2, 0) is 4.79 Å². The molecular formula is C15H22N2O2. The molecule has 2 N–H and O–H groups in total. The van der Waals surface area contributed by atoms with Crippen molar-refractivity contribution in [1.29, 1.82) is 0 Å². The second-order valence-electron chi connectivity index (χ2n) is 5.13. The number of anilines is 1. The van der Waals surface area contributed by atoms with E-state index in [9.17, 15) is 4.79 Å². The van der Waals surface area contributed by atoms with Gasteiger partial charge in [-0.15, -0.1) is 0 Å². The fraction of sp³-hybridized carbons (Fsp3) is 0.533. The van der Waals surface area contributed by atoms with Crippen LogP contribution >= 0.6 is 0 Å². The van der Waals surface area contributed by atoms with E-state index in [1.165, 1.54) is 6.42 Å². The zero-order valence-electron chi connectivity index (χ0n) is 11.7. The van der Waals surface area contributed by atoms with E-state index in [0.717, 1.165) is 36.5 Å². The molecule has 0 aliphatic carbocycles. The molecule has 0 bridgehead atoms. The summed E-state index contributed by atoms with van der Waals surface area (Å²) in [5.41, 5.74) is 1.87. The number of hydrogen-bond donors (Lipinski definition) is 2. The van der Waals surface area contributed by atoms with E-state index in [2.05, 4.69) is 10.6 Å². The lowest BCUT2D eigenvalue weighted by atomic mass is 10.0. The molecule has 1 aromatic carbocycles. The third-order valence-corrected chi connectivity index (χ3v) is 3.62. The zero-order chi connectivity index (χ0) is 13.7. The number of rotatable bonds is 5. The normalized spacial score (nSPS) is 18.3. The molecule has 4 nitrogen and oxygen atoms in total. The van der Waals surface area contributed by atoms with Crippen molar-refractivity contribution in [2.45, 2.75) is 26.2 Å². The molecule has 1 aliphatic rings. The number of nitrogens with one attached hydrogen (secondary N) is 2. The van der Waals surface area contributed by atoms with Gasteiger partial charge in [-0.25, -0.2) is 0 Å². The van der Waals surface area contributed by atoms with Crippen LogP contribution in [0.2, 0.25) is 0 Å².